The van der Waals surface area contributed by atoms with Crippen molar-refractivity contribution in [2.45, 2.75) is 31.7 Å². The molecule has 49 heavy (non-hydrogen) atoms. The van der Waals surface area contributed by atoms with E-state index >= 15 is 0 Å². The molecule has 0 saturated carbocycles. The molecule has 2 aromatic carbocycles. The number of anilines is 2. The molecule has 1 amide bonds. The van der Waals surface area contributed by atoms with Gasteiger partial charge in [0.2, 0.25) is 0 Å². The second-order valence-corrected chi connectivity index (χ2v) is 13.2. The number of aryl methyl sites for hydroxylation is 1. The molecule has 2 aliphatic heterocycles. The highest BCUT2D eigenvalue weighted by Gasteiger charge is 2.28. The highest BCUT2D eigenvalue weighted by Crippen LogP contribution is 2.36. The Bertz CT molecular complexity index is 1920. The number of rotatable bonds is 8. The number of benzene rings is 2. The lowest BCUT2D eigenvalue weighted by Crippen LogP contribution is -2.39. The number of aromatic nitrogens is 4. The van der Waals surface area contributed by atoms with Crippen molar-refractivity contribution in [2.75, 3.05) is 63.1 Å². The SMILES string of the molecule is N#Cc1ccc(C(=O)N2CCC(Nc3ncnc4c3CCC4)C2)cc1.c1ccc(-c2csc3ncnc(NCCN4CCOCC4)c23)cc1. The Morgan fingerprint density at radius 3 is 2.57 bits per heavy atom. The van der Waals surface area contributed by atoms with E-state index in [2.05, 4.69) is 71.2 Å². The summed E-state index contributed by atoms with van der Waals surface area (Å²) in [5.41, 5.74) is 5.98. The summed E-state index contributed by atoms with van der Waals surface area (Å²) in [5, 5.41) is 19.2. The minimum Gasteiger partial charge on any atom is -0.379 e. The quantitative estimate of drug-likeness (QED) is 0.225. The molecule has 3 aliphatic rings. The number of hydrogen-bond acceptors (Lipinski definition) is 11. The monoisotopic (exact) mass is 673 g/mol. The van der Waals surface area contributed by atoms with Crippen molar-refractivity contribution in [2.24, 2.45) is 0 Å². The molecule has 2 N–H and O–H groups in total. The molecule has 12 heteroatoms. The van der Waals surface area contributed by atoms with Crippen molar-refractivity contribution in [1.29, 1.82) is 5.26 Å². The number of likely N-dealkylation sites (tertiary alicyclic amines) is 1. The average molecular weight is 674 g/mol. The van der Waals surface area contributed by atoms with E-state index in [0.29, 0.717) is 17.7 Å². The lowest BCUT2D eigenvalue weighted by Gasteiger charge is -2.26. The van der Waals surface area contributed by atoms with E-state index < -0.39 is 0 Å². The van der Waals surface area contributed by atoms with E-state index in [1.807, 2.05) is 11.0 Å². The topological polar surface area (TPSA) is 132 Å². The van der Waals surface area contributed by atoms with E-state index in [1.54, 1.807) is 48.3 Å². The summed E-state index contributed by atoms with van der Waals surface area (Å²) in [4.78, 5) is 35.6. The van der Waals surface area contributed by atoms with Crippen LogP contribution in [0.5, 0.6) is 0 Å². The zero-order valence-electron chi connectivity index (χ0n) is 27.3. The number of carbonyl (C=O) groups is 1. The van der Waals surface area contributed by atoms with Crippen molar-refractivity contribution in [3.8, 4) is 17.2 Å². The van der Waals surface area contributed by atoms with E-state index in [1.165, 1.54) is 16.7 Å². The van der Waals surface area contributed by atoms with Crippen LogP contribution in [0, 0.1) is 11.3 Å². The van der Waals surface area contributed by atoms with E-state index in [4.69, 9.17) is 10.00 Å². The third-order valence-corrected chi connectivity index (χ3v) is 10.1. The highest BCUT2D eigenvalue weighted by molar-refractivity contribution is 7.17. The maximum atomic E-state index is 12.6. The summed E-state index contributed by atoms with van der Waals surface area (Å²) in [6.45, 7) is 6.95. The number of fused-ring (bicyclic) bond motifs is 2. The van der Waals surface area contributed by atoms with Gasteiger partial charge in [0.05, 0.1) is 30.2 Å². The van der Waals surface area contributed by atoms with Crippen LogP contribution in [0.3, 0.4) is 0 Å². The zero-order valence-corrected chi connectivity index (χ0v) is 28.2. The van der Waals surface area contributed by atoms with E-state index in [-0.39, 0.29) is 11.9 Å². The molecule has 8 rings (SSSR count). The highest BCUT2D eigenvalue weighted by atomic mass is 32.1. The summed E-state index contributed by atoms with van der Waals surface area (Å²) in [6, 6.07) is 19.5. The number of morpholine rings is 1. The van der Waals surface area contributed by atoms with Crippen LogP contribution in [-0.4, -0.2) is 94.2 Å². The number of nitrogens with zero attached hydrogens (tertiary/aromatic N) is 7. The van der Waals surface area contributed by atoms with Gasteiger partial charge in [0.1, 0.15) is 29.1 Å². The maximum absolute atomic E-state index is 12.6. The fourth-order valence-corrected chi connectivity index (χ4v) is 7.52. The molecule has 250 valence electrons. The van der Waals surface area contributed by atoms with Gasteiger partial charge in [-0.15, -0.1) is 11.3 Å². The van der Waals surface area contributed by atoms with Crippen LogP contribution in [0.15, 0.2) is 72.6 Å². The van der Waals surface area contributed by atoms with Gasteiger partial charge in [0, 0.05) is 73.1 Å². The Hall–Kier alpha value is -4.96. The standard InChI is InChI=1S/C19H19N5O.C18H20N4OS/c20-10-13-4-6-14(7-5-13)19(25)24-9-8-15(11-24)23-18-16-2-1-3-17(16)21-12-22-18;1-2-4-14(5-3-1)15-12-24-18-16(15)17(20-13-21-18)19-6-7-22-8-10-23-11-9-22/h4-7,12,15H,1-3,8-9,11H2,(H,21,22,23);1-5,12-13H,6-11H2,(H,19,20,21). The van der Waals surface area contributed by atoms with Crippen molar-refractivity contribution in [1.82, 2.24) is 29.7 Å². The summed E-state index contributed by atoms with van der Waals surface area (Å²) in [5.74, 6) is 1.87. The summed E-state index contributed by atoms with van der Waals surface area (Å²) < 4.78 is 5.39. The Morgan fingerprint density at radius 2 is 1.76 bits per heavy atom. The van der Waals surface area contributed by atoms with Gasteiger partial charge in [-0.25, -0.2) is 19.9 Å². The number of carbonyl (C=O) groups excluding carboxylic acids is 1. The van der Waals surface area contributed by atoms with Gasteiger partial charge in [-0.2, -0.15) is 5.26 Å². The van der Waals surface area contributed by atoms with Gasteiger partial charge in [0.25, 0.3) is 5.91 Å². The molecular weight excluding hydrogens is 635 g/mol. The van der Waals surface area contributed by atoms with Crippen molar-refractivity contribution >= 4 is 39.1 Å². The van der Waals surface area contributed by atoms with Crippen LogP contribution in [0.25, 0.3) is 21.3 Å². The van der Waals surface area contributed by atoms with Crippen LogP contribution in [0.1, 0.15) is 40.0 Å². The molecule has 2 saturated heterocycles. The maximum Gasteiger partial charge on any atom is 0.253 e. The third kappa shape index (κ3) is 7.70. The van der Waals surface area contributed by atoms with Gasteiger partial charge in [0.15, 0.2) is 0 Å². The molecule has 11 nitrogen and oxygen atoms in total. The van der Waals surface area contributed by atoms with Crippen LogP contribution in [0.2, 0.25) is 0 Å². The minimum atomic E-state index is 0.0155. The molecular formula is C37H39N9O2S. The van der Waals surface area contributed by atoms with Gasteiger partial charge >= 0.3 is 0 Å². The predicted molar refractivity (Wildman–Crippen MR) is 192 cm³/mol. The van der Waals surface area contributed by atoms with E-state index in [0.717, 1.165) is 99.2 Å². The minimum absolute atomic E-state index is 0.0155. The predicted octanol–water partition coefficient (Wildman–Crippen LogP) is 5.27. The Balaban J connectivity index is 0.000000154. The number of thiophene rings is 1. The number of ether oxygens (including phenoxy) is 1. The normalized spacial score (nSPS) is 17.2. The van der Waals surface area contributed by atoms with E-state index in [9.17, 15) is 4.79 Å². The number of nitrogens with one attached hydrogen (secondary N) is 2. The largest absolute Gasteiger partial charge is 0.379 e. The second-order valence-electron chi connectivity index (χ2n) is 12.4. The molecule has 2 fully saturated rings. The fourth-order valence-electron chi connectivity index (χ4n) is 6.61. The van der Waals surface area contributed by atoms with Crippen molar-refractivity contribution in [3.05, 3.63) is 95.0 Å². The summed E-state index contributed by atoms with van der Waals surface area (Å²) in [7, 11) is 0. The Morgan fingerprint density at radius 1 is 0.959 bits per heavy atom. The van der Waals surface area contributed by atoms with Gasteiger partial charge < -0.3 is 20.3 Å². The Labute approximate surface area is 290 Å². The lowest BCUT2D eigenvalue weighted by atomic mass is 10.1. The molecule has 0 radical (unpaired) electrons. The van der Waals surface area contributed by atoms with Gasteiger partial charge in [-0.05, 0) is 55.5 Å². The lowest BCUT2D eigenvalue weighted by molar-refractivity contribution is 0.0398. The fraction of sp³-hybridized carbons (Fsp3) is 0.351. The van der Waals surface area contributed by atoms with Crippen LogP contribution >= 0.6 is 11.3 Å². The molecule has 0 bridgehead atoms. The first kappa shape index (κ1) is 32.6. The number of hydrogen-bond donors (Lipinski definition) is 2. The van der Waals surface area contributed by atoms with Gasteiger partial charge in [-0.3, -0.25) is 9.69 Å². The molecule has 5 heterocycles. The van der Waals surface area contributed by atoms with Crippen molar-refractivity contribution < 1.29 is 9.53 Å². The molecule has 0 spiro atoms. The van der Waals surface area contributed by atoms with Crippen molar-refractivity contribution in [3.63, 3.8) is 0 Å². The summed E-state index contributed by atoms with van der Waals surface area (Å²) in [6.07, 6.45) is 7.36. The first-order valence-corrected chi connectivity index (χ1v) is 17.7. The van der Waals surface area contributed by atoms with Crippen LogP contribution in [0.4, 0.5) is 11.6 Å². The molecule has 1 unspecified atom stereocenters. The number of amides is 1. The number of nitriles is 1. The van der Waals surface area contributed by atoms with Gasteiger partial charge in [-0.1, -0.05) is 30.3 Å². The third-order valence-electron chi connectivity index (χ3n) is 9.23. The molecule has 1 atom stereocenters. The average Bonchev–Trinajstić information content (AvgIpc) is 3.94. The smallest absolute Gasteiger partial charge is 0.253 e. The second kappa shape index (κ2) is 15.5. The molecule has 1 aliphatic carbocycles. The zero-order chi connectivity index (χ0) is 33.4. The Kier molecular flexibility index (Phi) is 10.3. The molecule has 3 aromatic heterocycles. The van der Waals surface area contributed by atoms with Crippen LogP contribution < -0.4 is 10.6 Å². The molecule has 5 aromatic rings. The summed E-state index contributed by atoms with van der Waals surface area (Å²) >= 11 is 1.67. The first-order chi connectivity index (χ1) is 24.2. The van der Waals surface area contributed by atoms with Crippen LogP contribution in [-0.2, 0) is 17.6 Å². The first-order valence-electron chi connectivity index (χ1n) is 16.9.